The summed E-state index contributed by atoms with van der Waals surface area (Å²) < 4.78 is 0. The summed E-state index contributed by atoms with van der Waals surface area (Å²) in [4.78, 5) is 11.7. The average molecular weight is 198 g/mol. The first-order valence-electron chi connectivity index (χ1n) is 5.44. The summed E-state index contributed by atoms with van der Waals surface area (Å²) >= 11 is 0. The molecule has 0 saturated carbocycles. The third-order valence-electron chi connectivity index (χ3n) is 2.68. The highest BCUT2D eigenvalue weighted by Gasteiger charge is 2.25. The maximum absolute atomic E-state index is 11.7. The summed E-state index contributed by atoms with van der Waals surface area (Å²) in [5.41, 5.74) is -0.275. The minimum absolute atomic E-state index is 0.152. The fourth-order valence-electron chi connectivity index (χ4n) is 1.52. The smallest absolute Gasteiger partial charge is 0.225 e. The van der Waals surface area contributed by atoms with Crippen LogP contribution in [0.2, 0.25) is 0 Å². The van der Waals surface area contributed by atoms with Crippen molar-refractivity contribution in [1.29, 1.82) is 0 Å². The largest absolute Gasteiger partial charge is 0.352 e. The number of hydrogen-bond donors (Lipinski definition) is 2. The van der Waals surface area contributed by atoms with Crippen molar-refractivity contribution >= 4 is 5.91 Å². The SMILES string of the molecule is CC1CCC(NC(=O)C(C)(C)C)CN1. The summed E-state index contributed by atoms with van der Waals surface area (Å²) in [6.07, 6.45) is 2.24. The molecule has 82 valence electrons. The topological polar surface area (TPSA) is 41.1 Å². The molecule has 1 saturated heterocycles. The van der Waals surface area contributed by atoms with Crippen molar-refractivity contribution in [2.24, 2.45) is 5.41 Å². The fraction of sp³-hybridized carbons (Fsp3) is 0.909. The summed E-state index contributed by atoms with van der Waals surface area (Å²) in [6, 6.07) is 0.913. The second kappa shape index (κ2) is 4.30. The first-order valence-corrected chi connectivity index (χ1v) is 5.44. The molecule has 2 atom stereocenters. The van der Waals surface area contributed by atoms with Gasteiger partial charge in [-0.3, -0.25) is 4.79 Å². The van der Waals surface area contributed by atoms with Crippen LogP contribution in [-0.2, 0) is 4.79 Å². The minimum Gasteiger partial charge on any atom is -0.352 e. The van der Waals surface area contributed by atoms with Gasteiger partial charge in [0.25, 0.3) is 0 Å². The van der Waals surface area contributed by atoms with Crippen molar-refractivity contribution in [2.45, 2.75) is 52.6 Å². The van der Waals surface area contributed by atoms with Crippen LogP contribution < -0.4 is 10.6 Å². The Morgan fingerprint density at radius 3 is 2.43 bits per heavy atom. The Balaban J connectivity index is 2.35. The summed E-state index contributed by atoms with van der Waals surface area (Å²) in [6.45, 7) is 8.93. The number of nitrogens with one attached hydrogen (secondary N) is 2. The van der Waals surface area contributed by atoms with E-state index in [0.717, 1.165) is 19.4 Å². The van der Waals surface area contributed by atoms with Gasteiger partial charge in [-0.2, -0.15) is 0 Å². The van der Waals surface area contributed by atoms with Crippen LogP contribution in [0.3, 0.4) is 0 Å². The van der Waals surface area contributed by atoms with Gasteiger partial charge in [0.1, 0.15) is 0 Å². The van der Waals surface area contributed by atoms with Gasteiger partial charge < -0.3 is 10.6 Å². The molecule has 0 bridgehead atoms. The molecule has 1 aliphatic heterocycles. The van der Waals surface area contributed by atoms with Crippen LogP contribution in [0.25, 0.3) is 0 Å². The first-order chi connectivity index (χ1) is 6.39. The molecule has 1 aliphatic rings. The number of rotatable bonds is 1. The number of carbonyl (C=O) groups excluding carboxylic acids is 1. The van der Waals surface area contributed by atoms with Gasteiger partial charge in [0.15, 0.2) is 0 Å². The van der Waals surface area contributed by atoms with Gasteiger partial charge in [0, 0.05) is 24.0 Å². The molecule has 0 aromatic carbocycles. The van der Waals surface area contributed by atoms with Crippen molar-refractivity contribution in [2.75, 3.05) is 6.54 Å². The van der Waals surface area contributed by atoms with E-state index >= 15 is 0 Å². The Morgan fingerprint density at radius 1 is 1.36 bits per heavy atom. The molecule has 0 radical (unpaired) electrons. The maximum Gasteiger partial charge on any atom is 0.225 e. The number of carbonyl (C=O) groups is 1. The lowest BCUT2D eigenvalue weighted by atomic mass is 9.94. The lowest BCUT2D eigenvalue weighted by molar-refractivity contribution is -0.129. The highest BCUT2D eigenvalue weighted by molar-refractivity contribution is 5.81. The lowest BCUT2D eigenvalue weighted by Gasteiger charge is -2.30. The number of amides is 1. The van der Waals surface area contributed by atoms with Crippen LogP contribution in [-0.4, -0.2) is 24.5 Å². The molecule has 1 rings (SSSR count). The van der Waals surface area contributed by atoms with Crippen LogP contribution in [0.5, 0.6) is 0 Å². The van der Waals surface area contributed by atoms with Crippen molar-refractivity contribution < 1.29 is 4.79 Å². The van der Waals surface area contributed by atoms with E-state index in [1.807, 2.05) is 20.8 Å². The van der Waals surface area contributed by atoms with Crippen LogP contribution >= 0.6 is 0 Å². The monoisotopic (exact) mass is 198 g/mol. The van der Waals surface area contributed by atoms with E-state index in [-0.39, 0.29) is 11.3 Å². The van der Waals surface area contributed by atoms with Crippen LogP contribution in [0.15, 0.2) is 0 Å². The van der Waals surface area contributed by atoms with Crippen LogP contribution in [0, 0.1) is 5.41 Å². The average Bonchev–Trinajstić information content (AvgIpc) is 2.07. The Bertz CT molecular complexity index is 200. The molecule has 3 heteroatoms. The minimum atomic E-state index is -0.275. The van der Waals surface area contributed by atoms with Gasteiger partial charge in [-0.25, -0.2) is 0 Å². The molecule has 2 N–H and O–H groups in total. The Morgan fingerprint density at radius 2 is 2.00 bits per heavy atom. The first kappa shape index (κ1) is 11.5. The summed E-state index contributed by atoms with van der Waals surface area (Å²) in [5.74, 6) is 0.152. The van der Waals surface area contributed by atoms with Gasteiger partial charge in [-0.1, -0.05) is 20.8 Å². The Labute approximate surface area is 86.6 Å². The molecule has 3 nitrogen and oxygen atoms in total. The van der Waals surface area contributed by atoms with E-state index in [2.05, 4.69) is 17.6 Å². The quantitative estimate of drug-likeness (QED) is 0.666. The molecule has 14 heavy (non-hydrogen) atoms. The normalized spacial score (nSPS) is 28.6. The predicted molar refractivity (Wildman–Crippen MR) is 58.1 cm³/mol. The van der Waals surface area contributed by atoms with Crippen molar-refractivity contribution in [1.82, 2.24) is 10.6 Å². The fourth-order valence-corrected chi connectivity index (χ4v) is 1.52. The standard InChI is InChI=1S/C11H22N2O/c1-8-5-6-9(7-12-8)13-10(14)11(2,3)4/h8-9,12H,5-7H2,1-4H3,(H,13,14). The molecule has 0 aromatic heterocycles. The van der Waals surface area contributed by atoms with Crippen molar-refractivity contribution in [3.05, 3.63) is 0 Å². The molecule has 1 heterocycles. The summed E-state index contributed by atoms with van der Waals surface area (Å²) in [5, 5.41) is 6.45. The highest BCUT2D eigenvalue weighted by Crippen LogP contribution is 2.15. The predicted octanol–water partition coefficient (Wildman–Crippen LogP) is 1.29. The lowest BCUT2D eigenvalue weighted by Crippen LogP contribution is -2.51. The van der Waals surface area contributed by atoms with E-state index in [9.17, 15) is 4.79 Å². The molecule has 1 fully saturated rings. The van der Waals surface area contributed by atoms with E-state index < -0.39 is 0 Å². The van der Waals surface area contributed by atoms with E-state index in [4.69, 9.17) is 0 Å². The molecule has 0 aliphatic carbocycles. The van der Waals surface area contributed by atoms with Crippen molar-refractivity contribution in [3.8, 4) is 0 Å². The molecular formula is C11H22N2O. The maximum atomic E-state index is 11.7. The van der Waals surface area contributed by atoms with Crippen molar-refractivity contribution in [3.63, 3.8) is 0 Å². The van der Waals surface area contributed by atoms with Crippen LogP contribution in [0.1, 0.15) is 40.5 Å². The van der Waals surface area contributed by atoms with Gasteiger partial charge in [-0.15, -0.1) is 0 Å². The zero-order valence-corrected chi connectivity index (χ0v) is 9.68. The Kier molecular flexibility index (Phi) is 3.53. The highest BCUT2D eigenvalue weighted by atomic mass is 16.2. The molecule has 1 amide bonds. The number of piperidine rings is 1. The number of hydrogen-bond acceptors (Lipinski definition) is 2. The second-order valence-corrected chi connectivity index (χ2v) is 5.31. The van der Waals surface area contributed by atoms with Gasteiger partial charge >= 0.3 is 0 Å². The summed E-state index contributed by atoms with van der Waals surface area (Å²) in [7, 11) is 0. The van der Waals surface area contributed by atoms with E-state index in [1.54, 1.807) is 0 Å². The Hall–Kier alpha value is -0.570. The molecule has 0 spiro atoms. The third-order valence-corrected chi connectivity index (χ3v) is 2.68. The van der Waals surface area contributed by atoms with Gasteiger partial charge in [-0.05, 0) is 19.8 Å². The second-order valence-electron chi connectivity index (χ2n) is 5.31. The van der Waals surface area contributed by atoms with Gasteiger partial charge in [0.05, 0.1) is 0 Å². The van der Waals surface area contributed by atoms with Gasteiger partial charge in [0.2, 0.25) is 5.91 Å². The zero-order chi connectivity index (χ0) is 10.8. The molecular weight excluding hydrogens is 176 g/mol. The molecule has 0 aromatic rings. The van der Waals surface area contributed by atoms with E-state index in [1.165, 1.54) is 0 Å². The zero-order valence-electron chi connectivity index (χ0n) is 9.68. The molecule has 2 unspecified atom stereocenters. The van der Waals surface area contributed by atoms with Crippen LogP contribution in [0.4, 0.5) is 0 Å². The van der Waals surface area contributed by atoms with E-state index in [0.29, 0.717) is 12.1 Å². The third kappa shape index (κ3) is 3.29.